The van der Waals surface area contributed by atoms with Gasteiger partial charge in [-0.15, -0.1) is 0 Å². The smallest absolute Gasteiger partial charge is 0.335 e. The van der Waals surface area contributed by atoms with E-state index in [-0.39, 0.29) is 6.61 Å². The highest BCUT2D eigenvalue weighted by Gasteiger charge is 2.41. The first-order valence-corrected chi connectivity index (χ1v) is 3.42. The van der Waals surface area contributed by atoms with Crippen molar-refractivity contribution in [2.24, 2.45) is 0 Å². The first kappa shape index (κ1) is 9.40. The molecule has 0 aromatic rings. The van der Waals surface area contributed by atoms with Crippen molar-refractivity contribution in [1.82, 2.24) is 0 Å². The molecule has 4 atom stereocenters. The third-order valence-corrected chi connectivity index (χ3v) is 1.74. The van der Waals surface area contributed by atoms with Crippen LogP contribution in [0.3, 0.4) is 0 Å². The van der Waals surface area contributed by atoms with Gasteiger partial charge in [0, 0.05) is 0 Å². The van der Waals surface area contributed by atoms with Crippen molar-refractivity contribution in [2.45, 2.75) is 24.4 Å². The van der Waals surface area contributed by atoms with Gasteiger partial charge in [0.15, 0.2) is 6.10 Å². The summed E-state index contributed by atoms with van der Waals surface area (Å²) in [6, 6.07) is 0. The Balaban J connectivity index is 2.65. The second-order valence-corrected chi connectivity index (χ2v) is 2.64. The molecule has 0 unspecified atom stereocenters. The molecular weight excluding hydrogens is 168 g/mol. The molecule has 70 valence electrons. The SMILES string of the molecule is O=C(O)[C@@H]1OC[C@@H](O)[C@@H](O)[C@H]1O. The summed E-state index contributed by atoms with van der Waals surface area (Å²) in [5.41, 5.74) is 0. The minimum Gasteiger partial charge on any atom is -0.479 e. The van der Waals surface area contributed by atoms with E-state index >= 15 is 0 Å². The molecule has 1 heterocycles. The number of hydrogen-bond acceptors (Lipinski definition) is 5. The fourth-order valence-corrected chi connectivity index (χ4v) is 1.02. The highest BCUT2D eigenvalue weighted by molar-refractivity contribution is 5.73. The van der Waals surface area contributed by atoms with Gasteiger partial charge in [-0.05, 0) is 0 Å². The molecule has 0 bridgehead atoms. The summed E-state index contributed by atoms with van der Waals surface area (Å²) >= 11 is 0. The number of aliphatic hydroxyl groups is 3. The normalized spacial score (nSPS) is 42.6. The van der Waals surface area contributed by atoms with Crippen molar-refractivity contribution in [3.05, 3.63) is 0 Å². The number of aliphatic carboxylic acids is 1. The van der Waals surface area contributed by atoms with Crippen LogP contribution in [0, 0.1) is 0 Å². The van der Waals surface area contributed by atoms with Crippen molar-refractivity contribution in [3.8, 4) is 0 Å². The molecule has 1 rings (SSSR count). The Labute approximate surface area is 68.0 Å². The van der Waals surface area contributed by atoms with Gasteiger partial charge >= 0.3 is 5.97 Å². The van der Waals surface area contributed by atoms with Crippen LogP contribution < -0.4 is 0 Å². The number of carboxylic acid groups (broad SMARTS) is 1. The van der Waals surface area contributed by atoms with Crippen LogP contribution in [-0.2, 0) is 9.53 Å². The molecule has 0 spiro atoms. The Hall–Kier alpha value is -0.690. The molecule has 6 heteroatoms. The molecule has 0 amide bonds. The van der Waals surface area contributed by atoms with Crippen LogP contribution in [0.4, 0.5) is 0 Å². The van der Waals surface area contributed by atoms with Crippen LogP contribution in [0.15, 0.2) is 0 Å². The lowest BCUT2D eigenvalue weighted by Crippen LogP contribution is -2.55. The van der Waals surface area contributed by atoms with E-state index in [0.717, 1.165) is 0 Å². The van der Waals surface area contributed by atoms with Crippen molar-refractivity contribution >= 4 is 5.97 Å². The summed E-state index contributed by atoms with van der Waals surface area (Å²) in [7, 11) is 0. The van der Waals surface area contributed by atoms with Crippen LogP contribution in [0.2, 0.25) is 0 Å². The average Bonchev–Trinajstić information content (AvgIpc) is 2.00. The molecule has 1 fully saturated rings. The lowest BCUT2D eigenvalue weighted by Gasteiger charge is -2.32. The number of aliphatic hydroxyl groups excluding tert-OH is 3. The number of carbonyl (C=O) groups is 1. The molecular formula is C6H10O6. The van der Waals surface area contributed by atoms with Crippen LogP contribution in [0.25, 0.3) is 0 Å². The molecule has 1 saturated heterocycles. The van der Waals surface area contributed by atoms with E-state index in [1.54, 1.807) is 0 Å². The molecule has 0 aliphatic carbocycles. The van der Waals surface area contributed by atoms with Gasteiger partial charge in [-0.2, -0.15) is 0 Å². The zero-order valence-electron chi connectivity index (χ0n) is 6.12. The monoisotopic (exact) mass is 178 g/mol. The molecule has 0 saturated carbocycles. The zero-order chi connectivity index (χ0) is 9.30. The van der Waals surface area contributed by atoms with Gasteiger partial charge in [0.25, 0.3) is 0 Å². The number of rotatable bonds is 1. The van der Waals surface area contributed by atoms with Gasteiger partial charge in [0.1, 0.15) is 18.3 Å². The van der Waals surface area contributed by atoms with E-state index in [4.69, 9.17) is 20.4 Å². The van der Waals surface area contributed by atoms with Crippen LogP contribution in [0.1, 0.15) is 0 Å². The Morgan fingerprint density at radius 1 is 1.25 bits per heavy atom. The Bertz CT molecular complexity index is 181. The van der Waals surface area contributed by atoms with Gasteiger partial charge in [-0.1, -0.05) is 0 Å². The summed E-state index contributed by atoms with van der Waals surface area (Å²) in [5.74, 6) is -1.35. The summed E-state index contributed by atoms with van der Waals surface area (Å²) in [6.07, 6.45) is -5.72. The molecule has 0 aromatic heterocycles. The van der Waals surface area contributed by atoms with Gasteiger partial charge in [0.2, 0.25) is 0 Å². The lowest BCUT2D eigenvalue weighted by molar-refractivity contribution is -0.201. The van der Waals surface area contributed by atoms with E-state index in [9.17, 15) is 4.79 Å². The minimum absolute atomic E-state index is 0.283. The maximum atomic E-state index is 10.3. The molecule has 1 aliphatic rings. The molecule has 0 radical (unpaired) electrons. The summed E-state index contributed by atoms with van der Waals surface area (Å²) in [5, 5.41) is 35.4. The summed E-state index contributed by atoms with van der Waals surface area (Å²) in [6.45, 7) is -0.283. The highest BCUT2D eigenvalue weighted by atomic mass is 16.5. The quantitative estimate of drug-likeness (QED) is 0.355. The second-order valence-electron chi connectivity index (χ2n) is 2.64. The fourth-order valence-electron chi connectivity index (χ4n) is 1.02. The highest BCUT2D eigenvalue weighted by Crippen LogP contribution is 2.15. The third-order valence-electron chi connectivity index (χ3n) is 1.74. The fraction of sp³-hybridized carbons (Fsp3) is 0.833. The standard InChI is InChI=1S/C6H10O6/c7-2-1-12-5(6(10)11)4(9)3(2)8/h2-5,7-9H,1H2,(H,10,11)/t2-,3-,4-,5-/m1/s1. The molecule has 4 N–H and O–H groups in total. The van der Waals surface area contributed by atoms with E-state index in [0.29, 0.717) is 0 Å². The molecule has 12 heavy (non-hydrogen) atoms. The predicted octanol–water partition coefficient (Wildman–Crippen LogP) is -2.45. The van der Waals surface area contributed by atoms with Crippen LogP contribution in [0.5, 0.6) is 0 Å². The molecule has 6 nitrogen and oxygen atoms in total. The van der Waals surface area contributed by atoms with Gasteiger partial charge in [0.05, 0.1) is 6.61 Å². The summed E-state index contributed by atoms with van der Waals surface area (Å²) < 4.78 is 4.57. The Morgan fingerprint density at radius 3 is 2.33 bits per heavy atom. The maximum Gasteiger partial charge on any atom is 0.335 e. The Kier molecular flexibility index (Phi) is 2.63. The average molecular weight is 178 g/mol. The number of ether oxygens (including phenoxy) is 1. The second kappa shape index (κ2) is 3.36. The molecule has 1 aliphatic heterocycles. The first-order chi connectivity index (χ1) is 5.54. The maximum absolute atomic E-state index is 10.3. The largest absolute Gasteiger partial charge is 0.479 e. The van der Waals surface area contributed by atoms with Crippen LogP contribution in [-0.4, -0.2) is 57.4 Å². The topological polar surface area (TPSA) is 107 Å². The summed E-state index contributed by atoms with van der Waals surface area (Å²) in [4.78, 5) is 10.3. The van der Waals surface area contributed by atoms with Gasteiger partial charge in [-0.3, -0.25) is 0 Å². The van der Waals surface area contributed by atoms with Crippen molar-refractivity contribution in [1.29, 1.82) is 0 Å². The first-order valence-electron chi connectivity index (χ1n) is 3.42. The van der Waals surface area contributed by atoms with Crippen LogP contribution >= 0.6 is 0 Å². The zero-order valence-corrected chi connectivity index (χ0v) is 6.12. The lowest BCUT2D eigenvalue weighted by atomic mass is 10.0. The predicted molar refractivity (Wildman–Crippen MR) is 35.4 cm³/mol. The number of hydrogen-bond donors (Lipinski definition) is 4. The van der Waals surface area contributed by atoms with E-state index < -0.39 is 30.4 Å². The van der Waals surface area contributed by atoms with E-state index in [1.807, 2.05) is 0 Å². The molecule has 0 aromatic carbocycles. The van der Waals surface area contributed by atoms with Gasteiger partial charge in [-0.25, -0.2) is 4.79 Å². The minimum atomic E-state index is -1.58. The van der Waals surface area contributed by atoms with Gasteiger partial charge < -0.3 is 25.2 Å². The van der Waals surface area contributed by atoms with Crippen molar-refractivity contribution in [2.75, 3.05) is 6.61 Å². The Morgan fingerprint density at radius 2 is 1.83 bits per heavy atom. The van der Waals surface area contributed by atoms with E-state index in [2.05, 4.69) is 4.74 Å². The van der Waals surface area contributed by atoms with Crippen molar-refractivity contribution in [3.63, 3.8) is 0 Å². The number of carboxylic acids is 1. The van der Waals surface area contributed by atoms with E-state index in [1.165, 1.54) is 0 Å². The third kappa shape index (κ3) is 1.56. The van der Waals surface area contributed by atoms with Crippen molar-refractivity contribution < 1.29 is 30.0 Å².